The molecule has 1 aromatic heterocycles. The monoisotopic (exact) mass is 515 g/mol. The minimum atomic E-state index is -4.09. The Morgan fingerprint density at radius 2 is 1.71 bits per heavy atom. The Balaban J connectivity index is 0.000000172. The van der Waals surface area contributed by atoms with Crippen molar-refractivity contribution in [2.24, 2.45) is 0 Å². The van der Waals surface area contributed by atoms with Crippen LogP contribution in [-0.4, -0.2) is 35.5 Å². The fourth-order valence-corrected chi connectivity index (χ4v) is 5.65. The Morgan fingerprint density at radius 3 is 2.41 bits per heavy atom. The molecule has 1 aliphatic rings. The Hall–Kier alpha value is -2.75. The molecule has 5 rings (SSSR count). The molecule has 0 saturated carbocycles. The summed E-state index contributed by atoms with van der Waals surface area (Å²) in [6.45, 7) is 1.41. The zero-order valence-electron chi connectivity index (χ0n) is 18.0. The lowest BCUT2D eigenvalue weighted by atomic mass is 10.0. The SMILES string of the molecule is O=C(O)[C@H](c1ccccc1Cl)N1CCc2sccc2C1.O=S(=O)(O)c1ccc2ccccc2c1. The molecule has 3 aromatic carbocycles. The van der Waals surface area contributed by atoms with Crippen molar-refractivity contribution in [2.75, 3.05) is 6.54 Å². The molecule has 0 fully saturated rings. The van der Waals surface area contributed by atoms with E-state index in [1.807, 2.05) is 35.2 Å². The number of hydrogen-bond acceptors (Lipinski definition) is 5. The number of nitrogens with zero attached hydrogens (tertiary/aromatic N) is 1. The number of rotatable bonds is 4. The van der Waals surface area contributed by atoms with E-state index < -0.39 is 22.1 Å². The Kier molecular flexibility index (Phi) is 7.35. The van der Waals surface area contributed by atoms with E-state index >= 15 is 0 Å². The third-order valence-corrected chi connectivity index (χ3v) is 7.87. The van der Waals surface area contributed by atoms with Crippen molar-refractivity contribution in [1.29, 1.82) is 0 Å². The van der Waals surface area contributed by atoms with Crippen molar-refractivity contribution < 1.29 is 22.9 Å². The average Bonchev–Trinajstić information content (AvgIpc) is 3.28. The number of aliphatic carboxylic acids is 1. The second-order valence-electron chi connectivity index (χ2n) is 7.84. The van der Waals surface area contributed by atoms with Crippen LogP contribution in [0.2, 0.25) is 5.02 Å². The van der Waals surface area contributed by atoms with Gasteiger partial charge in [-0.25, -0.2) is 0 Å². The fraction of sp³-hybridized carbons (Fsp3) is 0.160. The van der Waals surface area contributed by atoms with Crippen molar-refractivity contribution in [3.8, 4) is 0 Å². The van der Waals surface area contributed by atoms with Gasteiger partial charge in [0.15, 0.2) is 0 Å². The number of carboxylic acids is 1. The summed E-state index contributed by atoms with van der Waals surface area (Å²) in [4.78, 5) is 15.0. The summed E-state index contributed by atoms with van der Waals surface area (Å²) >= 11 is 7.92. The molecule has 0 amide bonds. The molecule has 1 atom stereocenters. The largest absolute Gasteiger partial charge is 0.480 e. The van der Waals surface area contributed by atoms with Gasteiger partial charge in [-0.1, -0.05) is 60.1 Å². The Labute approximate surface area is 206 Å². The van der Waals surface area contributed by atoms with Crippen LogP contribution < -0.4 is 0 Å². The molecule has 6 nitrogen and oxygen atoms in total. The summed E-state index contributed by atoms with van der Waals surface area (Å²) in [6, 6.07) is 20.4. The number of hydrogen-bond donors (Lipinski definition) is 2. The first-order chi connectivity index (χ1) is 16.2. The number of carboxylic acid groups (broad SMARTS) is 1. The zero-order valence-corrected chi connectivity index (χ0v) is 20.4. The summed E-state index contributed by atoms with van der Waals surface area (Å²) in [6.07, 6.45) is 0.904. The van der Waals surface area contributed by atoms with Gasteiger partial charge in [0.05, 0.1) is 4.90 Å². The molecule has 34 heavy (non-hydrogen) atoms. The highest BCUT2D eigenvalue weighted by Crippen LogP contribution is 2.33. The van der Waals surface area contributed by atoms with E-state index in [4.69, 9.17) is 16.2 Å². The van der Waals surface area contributed by atoms with Gasteiger partial charge in [-0.2, -0.15) is 8.42 Å². The average molecular weight is 516 g/mol. The van der Waals surface area contributed by atoms with Crippen LogP contribution in [0.5, 0.6) is 0 Å². The van der Waals surface area contributed by atoms with Crippen LogP contribution in [0.3, 0.4) is 0 Å². The van der Waals surface area contributed by atoms with E-state index in [1.165, 1.54) is 22.6 Å². The minimum Gasteiger partial charge on any atom is -0.480 e. The first kappa shape index (κ1) is 24.4. The lowest BCUT2D eigenvalue weighted by molar-refractivity contribution is -0.144. The summed E-state index contributed by atoms with van der Waals surface area (Å²) in [7, 11) is -4.09. The lowest BCUT2D eigenvalue weighted by Crippen LogP contribution is -2.37. The third kappa shape index (κ3) is 5.48. The van der Waals surface area contributed by atoms with Crippen LogP contribution in [0.4, 0.5) is 0 Å². The molecule has 0 radical (unpaired) electrons. The summed E-state index contributed by atoms with van der Waals surface area (Å²) < 4.78 is 30.5. The molecule has 0 saturated heterocycles. The van der Waals surface area contributed by atoms with Gasteiger partial charge in [0.1, 0.15) is 6.04 Å². The fourth-order valence-electron chi connectivity index (χ4n) is 4.00. The maximum atomic E-state index is 11.7. The molecule has 0 spiro atoms. The number of fused-ring (bicyclic) bond motifs is 2. The maximum Gasteiger partial charge on any atom is 0.325 e. The topological polar surface area (TPSA) is 94.9 Å². The molecular weight excluding hydrogens is 494 g/mol. The molecule has 1 aliphatic heterocycles. The lowest BCUT2D eigenvalue weighted by Gasteiger charge is -2.32. The second-order valence-corrected chi connectivity index (χ2v) is 10.7. The highest BCUT2D eigenvalue weighted by molar-refractivity contribution is 7.85. The van der Waals surface area contributed by atoms with E-state index in [-0.39, 0.29) is 4.90 Å². The van der Waals surface area contributed by atoms with Crippen LogP contribution in [0.15, 0.2) is 83.1 Å². The highest BCUT2D eigenvalue weighted by atomic mass is 35.5. The van der Waals surface area contributed by atoms with Gasteiger partial charge in [0.2, 0.25) is 0 Å². The van der Waals surface area contributed by atoms with Gasteiger partial charge in [-0.05, 0) is 58.0 Å². The second kappa shape index (κ2) is 10.2. The highest BCUT2D eigenvalue weighted by Gasteiger charge is 2.31. The van der Waals surface area contributed by atoms with Crippen molar-refractivity contribution in [3.05, 3.63) is 99.2 Å². The van der Waals surface area contributed by atoms with Gasteiger partial charge in [-0.3, -0.25) is 14.2 Å². The normalized spacial score (nSPS) is 14.6. The van der Waals surface area contributed by atoms with E-state index in [0.29, 0.717) is 17.1 Å². The van der Waals surface area contributed by atoms with Crippen LogP contribution in [0.1, 0.15) is 22.0 Å². The van der Waals surface area contributed by atoms with Crippen molar-refractivity contribution >= 4 is 49.8 Å². The van der Waals surface area contributed by atoms with Gasteiger partial charge < -0.3 is 5.11 Å². The number of thiophene rings is 1. The van der Waals surface area contributed by atoms with Crippen molar-refractivity contribution in [2.45, 2.75) is 23.9 Å². The molecule has 176 valence electrons. The first-order valence-corrected chi connectivity index (χ1v) is 13.2. The van der Waals surface area contributed by atoms with Crippen molar-refractivity contribution in [1.82, 2.24) is 4.90 Å². The Morgan fingerprint density at radius 1 is 1.00 bits per heavy atom. The van der Waals surface area contributed by atoms with Crippen molar-refractivity contribution in [3.63, 3.8) is 0 Å². The van der Waals surface area contributed by atoms with Crippen LogP contribution in [0.25, 0.3) is 10.8 Å². The standard InChI is InChI=1S/C15H14ClNO2S.C10H8O3S/c16-12-4-2-1-3-11(12)14(15(18)19)17-7-5-13-10(9-17)6-8-20-13;11-14(12,13)10-6-5-8-3-1-2-4-9(8)7-10/h1-4,6,8,14H,5,7,9H2,(H,18,19);1-7H,(H,11,12,13)/t14-;/m0./s1. The minimum absolute atomic E-state index is 0.0730. The molecule has 2 heterocycles. The predicted molar refractivity (Wildman–Crippen MR) is 134 cm³/mol. The van der Waals surface area contributed by atoms with E-state index in [1.54, 1.807) is 35.6 Å². The van der Waals surface area contributed by atoms with Gasteiger partial charge >= 0.3 is 5.97 Å². The van der Waals surface area contributed by atoms with Crippen LogP contribution in [0, 0.1) is 0 Å². The van der Waals surface area contributed by atoms with Gasteiger partial charge in [-0.15, -0.1) is 11.3 Å². The quantitative estimate of drug-likeness (QED) is 0.340. The molecule has 0 bridgehead atoms. The van der Waals surface area contributed by atoms with E-state index in [9.17, 15) is 18.3 Å². The van der Waals surface area contributed by atoms with Gasteiger partial charge in [0, 0.05) is 23.0 Å². The number of benzene rings is 3. The predicted octanol–water partition coefficient (Wildman–Crippen LogP) is 5.67. The third-order valence-electron chi connectivity index (χ3n) is 5.65. The van der Waals surface area contributed by atoms with Crippen LogP contribution >= 0.6 is 22.9 Å². The summed E-state index contributed by atoms with van der Waals surface area (Å²) in [5, 5.41) is 13.9. The zero-order chi connectivity index (χ0) is 24.3. The van der Waals surface area contributed by atoms with Gasteiger partial charge in [0.25, 0.3) is 10.1 Å². The number of halogens is 1. The molecule has 0 aliphatic carbocycles. The Bertz CT molecular complexity index is 1430. The van der Waals surface area contributed by atoms with E-state index in [2.05, 4.69) is 11.4 Å². The van der Waals surface area contributed by atoms with E-state index in [0.717, 1.165) is 23.7 Å². The molecule has 4 aromatic rings. The summed E-state index contributed by atoms with van der Waals surface area (Å²) in [5.74, 6) is -0.850. The molecule has 0 unspecified atom stereocenters. The first-order valence-electron chi connectivity index (χ1n) is 10.5. The number of carbonyl (C=O) groups is 1. The maximum absolute atomic E-state index is 11.7. The van der Waals surface area contributed by atoms with Crippen LogP contribution in [-0.2, 0) is 27.9 Å². The molecule has 2 N–H and O–H groups in total. The molecular formula is C25H22ClNO5S2. The molecule has 9 heteroatoms. The smallest absolute Gasteiger partial charge is 0.325 e. The summed E-state index contributed by atoms with van der Waals surface area (Å²) in [5.41, 5.74) is 1.90.